The van der Waals surface area contributed by atoms with Gasteiger partial charge in [0.2, 0.25) is 0 Å². The highest BCUT2D eigenvalue weighted by Crippen LogP contribution is 2.30. The molecule has 1 N–H and O–H groups in total. The van der Waals surface area contributed by atoms with E-state index in [0.29, 0.717) is 38.4 Å². The number of rotatable bonds is 3. The third-order valence-electron chi connectivity index (χ3n) is 4.59. The summed E-state index contributed by atoms with van der Waals surface area (Å²) in [7, 11) is 0. The number of nitrogens with one attached hydrogen (secondary N) is 1. The fourth-order valence-corrected chi connectivity index (χ4v) is 3.18. The van der Waals surface area contributed by atoms with Gasteiger partial charge >= 0.3 is 6.03 Å². The van der Waals surface area contributed by atoms with Crippen molar-refractivity contribution in [1.82, 2.24) is 10.2 Å². The maximum Gasteiger partial charge on any atom is 0.317 e. The van der Waals surface area contributed by atoms with Crippen LogP contribution in [0.2, 0.25) is 0 Å². The van der Waals surface area contributed by atoms with Crippen molar-refractivity contribution in [3.8, 4) is 0 Å². The normalized spacial score (nSPS) is 21.0. The summed E-state index contributed by atoms with van der Waals surface area (Å²) < 4.78 is 37.6. The van der Waals surface area contributed by atoms with Crippen LogP contribution in [0, 0.1) is 11.6 Å². The second-order valence-corrected chi connectivity index (χ2v) is 6.39. The van der Waals surface area contributed by atoms with Crippen LogP contribution in [0.1, 0.15) is 31.2 Å². The Balaban J connectivity index is 1.53. The molecule has 0 bridgehead atoms. The van der Waals surface area contributed by atoms with E-state index in [1.54, 1.807) is 4.90 Å². The maximum absolute atomic E-state index is 13.3. The van der Waals surface area contributed by atoms with E-state index in [0.717, 1.165) is 18.9 Å². The molecule has 2 aliphatic heterocycles. The van der Waals surface area contributed by atoms with Crippen LogP contribution in [0.3, 0.4) is 0 Å². The van der Waals surface area contributed by atoms with Crippen LogP contribution in [0.25, 0.3) is 0 Å². The van der Waals surface area contributed by atoms with E-state index in [2.05, 4.69) is 5.32 Å². The SMILES string of the molecule is CC(CNC(=O)N1CCCC2(C1)OCCO2)c1ccc(F)c(F)c1. The first-order valence-corrected chi connectivity index (χ1v) is 8.25. The van der Waals surface area contributed by atoms with Crippen molar-refractivity contribution in [2.24, 2.45) is 0 Å². The second kappa shape index (κ2) is 7.03. The molecule has 0 aromatic heterocycles. The number of likely N-dealkylation sites (tertiary alicyclic amines) is 1. The smallest absolute Gasteiger partial charge is 0.317 e. The summed E-state index contributed by atoms with van der Waals surface area (Å²) in [4.78, 5) is 14.1. The molecule has 0 aliphatic carbocycles. The molecule has 1 spiro atoms. The van der Waals surface area contributed by atoms with Crippen LogP contribution in [0.5, 0.6) is 0 Å². The maximum atomic E-state index is 13.3. The number of urea groups is 1. The molecule has 1 atom stereocenters. The lowest BCUT2D eigenvalue weighted by Crippen LogP contribution is -2.54. The monoisotopic (exact) mass is 340 g/mol. The van der Waals surface area contributed by atoms with E-state index in [9.17, 15) is 13.6 Å². The molecule has 24 heavy (non-hydrogen) atoms. The third-order valence-corrected chi connectivity index (χ3v) is 4.59. The molecule has 1 unspecified atom stereocenters. The van der Waals surface area contributed by atoms with Crippen molar-refractivity contribution in [1.29, 1.82) is 0 Å². The van der Waals surface area contributed by atoms with Crippen LogP contribution < -0.4 is 5.32 Å². The largest absolute Gasteiger partial charge is 0.346 e. The molecule has 0 radical (unpaired) electrons. The van der Waals surface area contributed by atoms with Gasteiger partial charge < -0.3 is 19.7 Å². The van der Waals surface area contributed by atoms with Gasteiger partial charge in [-0.2, -0.15) is 0 Å². The topological polar surface area (TPSA) is 50.8 Å². The summed E-state index contributed by atoms with van der Waals surface area (Å²) in [5.74, 6) is -2.52. The number of halogens is 2. The van der Waals surface area contributed by atoms with Crippen molar-refractivity contribution in [3.63, 3.8) is 0 Å². The molecule has 2 saturated heterocycles. The van der Waals surface area contributed by atoms with Crippen LogP contribution in [0.4, 0.5) is 13.6 Å². The Morgan fingerprint density at radius 1 is 1.33 bits per heavy atom. The average Bonchev–Trinajstić information content (AvgIpc) is 3.02. The van der Waals surface area contributed by atoms with Gasteiger partial charge in [0.1, 0.15) is 0 Å². The number of benzene rings is 1. The first kappa shape index (κ1) is 17.1. The molecular formula is C17H22F2N2O3. The highest BCUT2D eigenvalue weighted by atomic mass is 19.2. The van der Waals surface area contributed by atoms with E-state index < -0.39 is 17.4 Å². The molecule has 2 heterocycles. The number of carbonyl (C=O) groups excluding carboxylic acids is 1. The minimum Gasteiger partial charge on any atom is -0.346 e. The van der Waals surface area contributed by atoms with Crippen LogP contribution >= 0.6 is 0 Å². The standard InChI is InChI=1S/C17H22F2N2O3/c1-12(13-3-4-14(18)15(19)9-13)10-20-16(22)21-6-2-5-17(11-21)23-7-8-24-17/h3-4,9,12H,2,5-8,10-11H2,1H3,(H,20,22). The van der Waals surface area contributed by atoms with Crippen molar-refractivity contribution < 1.29 is 23.0 Å². The van der Waals surface area contributed by atoms with Crippen molar-refractivity contribution in [2.45, 2.75) is 31.5 Å². The lowest BCUT2D eigenvalue weighted by molar-refractivity contribution is -0.182. The Labute approximate surface area is 139 Å². The first-order valence-electron chi connectivity index (χ1n) is 8.25. The van der Waals surface area contributed by atoms with E-state index in [4.69, 9.17) is 9.47 Å². The second-order valence-electron chi connectivity index (χ2n) is 6.39. The molecule has 7 heteroatoms. The van der Waals surface area contributed by atoms with Crippen LogP contribution in [0.15, 0.2) is 18.2 Å². The molecule has 1 aromatic carbocycles. The summed E-state index contributed by atoms with van der Waals surface area (Å²) in [6.45, 7) is 4.38. The number of piperidine rings is 1. The Bertz CT molecular complexity index is 605. The molecule has 132 valence electrons. The predicted molar refractivity (Wildman–Crippen MR) is 83.6 cm³/mol. The number of nitrogens with zero attached hydrogens (tertiary/aromatic N) is 1. The minimum atomic E-state index is -0.876. The lowest BCUT2D eigenvalue weighted by Gasteiger charge is -2.38. The molecule has 2 amide bonds. The zero-order chi connectivity index (χ0) is 17.2. The summed E-state index contributed by atoms with van der Waals surface area (Å²) in [6.07, 6.45) is 1.62. The van der Waals surface area contributed by atoms with Gasteiger partial charge in [-0.15, -0.1) is 0 Å². The Morgan fingerprint density at radius 2 is 2.08 bits per heavy atom. The van der Waals surface area contributed by atoms with Crippen LogP contribution in [-0.4, -0.2) is 49.6 Å². The van der Waals surface area contributed by atoms with E-state index in [1.807, 2.05) is 6.92 Å². The molecule has 2 fully saturated rings. The molecular weight excluding hydrogens is 318 g/mol. The van der Waals surface area contributed by atoms with Gasteiger partial charge in [-0.05, 0) is 30.0 Å². The first-order chi connectivity index (χ1) is 11.5. The molecule has 2 aliphatic rings. The third kappa shape index (κ3) is 3.67. The van der Waals surface area contributed by atoms with Crippen molar-refractivity contribution >= 4 is 6.03 Å². The number of ether oxygens (including phenoxy) is 2. The lowest BCUT2D eigenvalue weighted by atomic mass is 10.0. The van der Waals surface area contributed by atoms with Crippen molar-refractivity contribution in [2.75, 3.05) is 32.8 Å². The average molecular weight is 340 g/mol. The minimum absolute atomic E-state index is 0.123. The fourth-order valence-electron chi connectivity index (χ4n) is 3.18. The Kier molecular flexibility index (Phi) is 5.01. The zero-order valence-electron chi connectivity index (χ0n) is 13.7. The molecule has 3 rings (SSSR count). The van der Waals surface area contributed by atoms with Gasteiger partial charge in [0, 0.05) is 19.5 Å². The summed E-state index contributed by atoms with van der Waals surface area (Å²) in [5, 5.41) is 2.85. The Morgan fingerprint density at radius 3 is 2.79 bits per heavy atom. The van der Waals surface area contributed by atoms with Gasteiger partial charge in [-0.1, -0.05) is 13.0 Å². The van der Waals surface area contributed by atoms with Gasteiger partial charge in [-0.3, -0.25) is 0 Å². The summed E-state index contributed by atoms with van der Waals surface area (Å²) >= 11 is 0. The summed E-state index contributed by atoms with van der Waals surface area (Å²) in [5.41, 5.74) is 0.645. The van der Waals surface area contributed by atoms with Gasteiger partial charge in [0.15, 0.2) is 17.4 Å². The van der Waals surface area contributed by atoms with Crippen LogP contribution in [-0.2, 0) is 9.47 Å². The molecule has 5 nitrogen and oxygen atoms in total. The summed E-state index contributed by atoms with van der Waals surface area (Å²) in [6, 6.07) is 3.61. The highest BCUT2D eigenvalue weighted by Gasteiger charge is 2.42. The number of hydrogen-bond donors (Lipinski definition) is 1. The van der Waals surface area contributed by atoms with E-state index in [1.165, 1.54) is 12.1 Å². The van der Waals surface area contributed by atoms with Gasteiger partial charge in [-0.25, -0.2) is 13.6 Å². The number of hydrogen-bond acceptors (Lipinski definition) is 3. The molecule has 1 aromatic rings. The van der Waals surface area contributed by atoms with E-state index in [-0.39, 0.29) is 11.9 Å². The fraction of sp³-hybridized carbons (Fsp3) is 0.588. The Hall–Kier alpha value is -1.73. The highest BCUT2D eigenvalue weighted by molar-refractivity contribution is 5.74. The number of amides is 2. The molecule has 0 saturated carbocycles. The predicted octanol–water partition coefficient (Wildman–Crippen LogP) is 2.62. The van der Waals surface area contributed by atoms with Gasteiger partial charge in [0.05, 0.1) is 19.8 Å². The number of carbonyl (C=O) groups is 1. The van der Waals surface area contributed by atoms with Gasteiger partial charge in [0.25, 0.3) is 0 Å². The zero-order valence-corrected chi connectivity index (χ0v) is 13.7. The quantitative estimate of drug-likeness (QED) is 0.920. The van der Waals surface area contributed by atoms with E-state index >= 15 is 0 Å². The van der Waals surface area contributed by atoms with Crippen molar-refractivity contribution in [3.05, 3.63) is 35.4 Å².